The number of hydrogen-bond donors (Lipinski definition) is 1. The molecule has 0 spiro atoms. The van der Waals surface area contributed by atoms with Crippen molar-refractivity contribution < 1.29 is 4.79 Å². The molecule has 2 aromatic heterocycles. The second-order valence-corrected chi connectivity index (χ2v) is 5.61. The SMILES string of the molecule is Cc1nc(CNC(=O)Cc2ncn(C)c(=O)c2C)cs1. The van der Waals surface area contributed by atoms with Crippen LogP contribution in [0.15, 0.2) is 16.5 Å². The minimum atomic E-state index is -0.167. The van der Waals surface area contributed by atoms with E-state index in [1.165, 1.54) is 10.9 Å². The number of carbonyl (C=O) groups is 1. The van der Waals surface area contributed by atoms with E-state index in [-0.39, 0.29) is 17.9 Å². The Morgan fingerprint density at radius 1 is 1.45 bits per heavy atom. The van der Waals surface area contributed by atoms with E-state index in [0.717, 1.165) is 10.7 Å². The van der Waals surface area contributed by atoms with Crippen molar-refractivity contribution in [1.29, 1.82) is 0 Å². The molecule has 0 aromatic carbocycles. The Morgan fingerprint density at radius 3 is 2.85 bits per heavy atom. The molecule has 0 unspecified atom stereocenters. The van der Waals surface area contributed by atoms with Crippen molar-refractivity contribution in [2.24, 2.45) is 7.05 Å². The lowest BCUT2D eigenvalue weighted by Gasteiger charge is -2.06. The van der Waals surface area contributed by atoms with Crippen molar-refractivity contribution in [3.63, 3.8) is 0 Å². The van der Waals surface area contributed by atoms with Gasteiger partial charge in [0.25, 0.3) is 5.56 Å². The number of aryl methyl sites for hydroxylation is 2. The molecule has 1 amide bonds. The normalized spacial score (nSPS) is 10.6. The van der Waals surface area contributed by atoms with Gasteiger partial charge in [0.2, 0.25) is 5.91 Å². The maximum absolute atomic E-state index is 11.9. The van der Waals surface area contributed by atoms with E-state index >= 15 is 0 Å². The standard InChI is InChI=1S/C13H16N4O2S/c1-8-11(15-7-17(3)13(8)19)4-12(18)14-5-10-6-20-9(2)16-10/h6-7H,4-5H2,1-3H3,(H,14,18). The van der Waals surface area contributed by atoms with Crippen LogP contribution in [0, 0.1) is 13.8 Å². The van der Waals surface area contributed by atoms with Crippen LogP contribution < -0.4 is 10.9 Å². The number of nitrogens with zero attached hydrogens (tertiary/aromatic N) is 3. The molecule has 106 valence electrons. The molecule has 0 aliphatic carbocycles. The van der Waals surface area contributed by atoms with Gasteiger partial charge in [0, 0.05) is 18.0 Å². The highest BCUT2D eigenvalue weighted by Gasteiger charge is 2.10. The monoisotopic (exact) mass is 292 g/mol. The van der Waals surface area contributed by atoms with Crippen molar-refractivity contribution in [1.82, 2.24) is 19.9 Å². The summed E-state index contributed by atoms with van der Waals surface area (Å²) in [5.74, 6) is -0.167. The second kappa shape index (κ2) is 5.96. The minimum Gasteiger partial charge on any atom is -0.350 e. The molecule has 0 aliphatic heterocycles. The van der Waals surface area contributed by atoms with Gasteiger partial charge in [-0.1, -0.05) is 0 Å². The van der Waals surface area contributed by atoms with Gasteiger partial charge < -0.3 is 9.88 Å². The van der Waals surface area contributed by atoms with Crippen molar-refractivity contribution in [3.8, 4) is 0 Å². The van der Waals surface area contributed by atoms with Gasteiger partial charge in [-0.05, 0) is 13.8 Å². The van der Waals surface area contributed by atoms with Crippen LogP contribution in [0.4, 0.5) is 0 Å². The molecule has 0 radical (unpaired) electrons. The number of nitrogens with one attached hydrogen (secondary N) is 1. The Bertz CT molecular complexity index is 690. The summed E-state index contributed by atoms with van der Waals surface area (Å²) in [5.41, 5.74) is 1.74. The number of amides is 1. The Hall–Kier alpha value is -2.02. The maximum Gasteiger partial charge on any atom is 0.256 e. The third kappa shape index (κ3) is 3.30. The number of aromatic nitrogens is 3. The molecule has 6 nitrogen and oxygen atoms in total. The van der Waals surface area contributed by atoms with Gasteiger partial charge in [0.1, 0.15) is 0 Å². The Kier molecular flexibility index (Phi) is 4.29. The molecule has 0 fully saturated rings. The molecule has 7 heteroatoms. The Labute approximate surface area is 120 Å². The first-order chi connectivity index (χ1) is 9.47. The molecular formula is C13H16N4O2S. The number of carbonyl (C=O) groups excluding carboxylic acids is 1. The zero-order chi connectivity index (χ0) is 14.7. The van der Waals surface area contributed by atoms with Gasteiger partial charge >= 0.3 is 0 Å². The summed E-state index contributed by atoms with van der Waals surface area (Å²) in [6.45, 7) is 4.00. The summed E-state index contributed by atoms with van der Waals surface area (Å²) in [7, 11) is 1.64. The van der Waals surface area contributed by atoms with Crippen molar-refractivity contribution in [2.75, 3.05) is 0 Å². The average Bonchev–Trinajstić information content (AvgIpc) is 2.83. The van der Waals surface area contributed by atoms with Crippen LogP contribution in [0.3, 0.4) is 0 Å². The lowest BCUT2D eigenvalue weighted by Crippen LogP contribution is -2.28. The van der Waals surface area contributed by atoms with Gasteiger partial charge in [-0.15, -0.1) is 11.3 Å². The molecule has 1 N–H and O–H groups in total. The van der Waals surface area contributed by atoms with Crippen LogP contribution in [-0.4, -0.2) is 20.4 Å². The van der Waals surface area contributed by atoms with Crippen LogP contribution in [-0.2, 0) is 24.8 Å². The van der Waals surface area contributed by atoms with Gasteiger partial charge in [-0.3, -0.25) is 9.59 Å². The van der Waals surface area contributed by atoms with E-state index in [1.807, 2.05) is 12.3 Å². The molecular weight excluding hydrogens is 276 g/mol. The third-order valence-electron chi connectivity index (χ3n) is 2.92. The predicted octanol–water partition coefficient (Wildman–Crippen LogP) is 0.713. The topological polar surface area (TPSA) is 76.9 Å². The summed E-state index contributed by atoms with van der Waals surface area (Å²) in [5, 5.41) is 5.66. The lowest BCUT2D eigenvalue weighted by atomic mass is 10.2. The van der Waals surface area contributed by atoms with E-state index < -0.39 is 0 Å². The maximum atomic E-state index is 11.9. The van der Waals surface area contributed by atoms with Crippen LogP contribution in [0.2, 0.25) is 0 Å². The Morgan fingerprint density at radius 2 is 2.20 bits per heavy atom. The first kappa shape index (κ1) is 14.4. The first-order valence-corrected chi connectivity index (χ1v) is 7.04. The number of rotatable bonds is 4. The number of hydrogen-bond acceptors (Lipinski definition) is 5. The van der Waals surface area contributed by atoms with Gasteiger partial charge in [0.05, 0.1) is 35.7 Å². The van der Waals surface area contributed by atoms with E-state index in [0.29, 0.717) is 17.8 Å². The summed E-state index contributed by atoms with van der Waals surface area (Å²) < 4.78 is 1.40. The van der Waals surface area contributed by atoms with E-state index in [4.69, 9.17) is 0 Å². The number of thiazole rings is 1. The van der Waals surface area contributed by atoms with Gasteiger partial charge in [-0.25, -0.2) is 9.97 Å². The van der Waals surface area contributed by atoms with Gasteiger partial charge in [-0.2, -0.15) is 0 Å². The molecule has 0 saturated heterocycles. The second-order valence-electron chi connectivity index (χ2n) is 4.54. The van der Waals surface area contributed by atoms with Crippen molar-refractivity contribution in [2.45, 2.75) is 26.8 Å². The summed E-state index contributed by atoms with van der Waals surface area (Å²) in [4.78, 5) is 32.0. The largest absolute Gasteiger partial charge is 0.350 e. The summed E-state index contributed by atoms with van der Waals surface area (Å²) in [6, 6.07) is 0. The van der Waals surface area contributed by atoms with Crippen molar-refractivity contribution >= 4 is 17.2 Å². The minimum absolute atomic E-state index is 0.102. The van der Waals surface area contributed by atoms with Crippen LogP contribution in [0.25, 0.3) is 0 Å². The van der Waals surface area contributed by atoms with Gasteiger partial charge in [0.15, 0.2) is 0 Å². The fourth-order valence-electron chi connectivity index (χ4n) is 1.76. The average molecular weight is 292 g/mol. The fraction of sp³-hybridized carbons (Fsp3) is 0.385. The van der Waals surface area contributed by atoms with E-state index in [9.17, 15) is 9.59 Å². The van der Waals surface area contributed by atoms with Crippen LogP contribution in [0.5, 0.6) is 0 Å². The molecule has 0 aliphatic rings. The summed E-state index contributed by atoms with van der Waals surface area (Å²) >= 11 is 1.55. The molecule has 20 heavy (non-hydrogen) atoms. The predicted molar refractivity (Wildman–Crippen MR) is 76.6 cm³/mol. The molecule has 2 heterocycles. The first-order valence-electron chi connectivity index (χ1n) is 6.16. The molecule has 2 aromatic rings. The van der Waals surface area contributed by atoms with E-state index in [1.54, 1.807) is 25.3 Å². The Balaban J connectivity index is 1.98. The highest BCUT2D eigenvalue weighted by molar-refractivity contribution is 7.09. The quantitative estimate of drug-likeness (QED) is 0.900. The smallest absolute Gasteiger partial charge is 0.256 e. The molecule has 0 bridgehead atoms. The zero-order valence-electron chi connectivity index (χ0n) is 11.6. The van der Waals surface area contributed by atoms with Crippen LogP contribution >= 0.6 is 11.3 Å². The zero-order valence-corrected chi connectivity index (χ0v) is 12.5. The highest BCUT2D eigenvalue weighted by Crippen LogP contribution is 2.07. The highest BCUT2D eigenvalue weighted by atomic mass is 32.1. The summed E-state index contributed by atoms with van der Waals surface area (Å²) in [6.07, 6.45) is 1.53. The fourth-order valence-corrected chi connectivity index (χ4v) is 2.38. The molecule has 0 atom stereocenters. The van der Waals surface area contributed by atoms with E-state index in [2.05, 4.69) is 15.3 Å². The molecule has 2 rings (SSSR count). The van der Waals surface area contributed by atoms with Crippen LogP contribution in [0.1, 0.15) is 22.0 Å². The third-order valence-corrected chi connectivity index (χ3v) is 3.74. The lowest BCUT2D eigenvalue weighted by molar-refractivity contribution is -0.120. The molecule has 0 saturated carbocycles. The van der Waals surface area contributed by atoms with Crippen molar-refractivity contribution in [3.05, 3.63) is 44.0 Å².